The van der Waals surface area contributed by atoms with Crippen LogP contribution in [0.4, 0.5) is 5.82 Å². The second-order valence-corrected chi connectivity index (χ2v) is 6.16. The minimum Gasteiger partial charge on any atom is -0.497 e. The lowest BCUT2D eigenvalue weighted by Crippen LogP contribution is -2.31. The molecule has 4 rings (SSSR count). The number of benzene rings is 1. The first kappa shape index (κ1) is 15.8. The molecule has 3 aromatic rings. The lowest BCUT2D eigenvalue weighted by atomic mass is 10.0. The number of nitrogens with zero attached hydrogens (tertiary/aromatic N) is 6. The number of anilines is 1. The van der Waals surface area contributed by atoms with Crippen LogP contribution in [0.15, 0.2) is 36.4 Å². The molecule has 1 atom stereocenters. The molecule has 0 saturated carbocycles. The average Bonchev–Trinajstić information content (AvgIpc) is 3.33. The Morgan fingerprint density at radius 2 is 2.08 bits per heavy atom. The summed E-state index contributed by atoms with van der Waals surface area (Å²) in [6.45, 7) is 2.99. The van der Waals surface area contributed by atoms with Crippen LogP contribution in [-0.4, -0.2) is 56.9 Å². The zero-order valence-electron chi connectivity index (χ0n) is 14.2. The molecule has 8 nitrogen and oxygen atoms in total. The Morgan fingerprint density at radius 1 is 1.20 bits per heavy atom. The molecule has 25 heavy (non-hydrogen) atoms. The minimum atomic E-state index is 0.268. The fraction of sp³-hybridized carbons (Fsp3) is 0.412. The standard InChI is InChI=1S/C17H21N7O/c1-25-14-6-4-5-13(11-14)15(23-9-2-3-10-23)12-18-16-7-8-17-19-21-22-24(17)20-16/h4-8,11,15H,2-3,9-10,12H2,1H3,(H,18,20)/t15-/m0/s1. The van der Waals surface area contributed by atoms with Crippen molar-refractivity contribution in [3.05, 3.63) is 42.0 Å². The summed E-state index contributed by atoms with van der Waals surface area (Å²) in [7, 11) is 1.70. The highest BCUT2D eigenvalue weighted by atomic mass is 16.5. The molecule has 0 bridgehead atoms. The van der Waals surface area contributed by atoms with Gasteiger partial charge in [-0.25, -0.2) is 0 Å². The van der Waals surface area contributed by atoms with Crippen LogP contribution in [0.3, 0.4) is 0 Å². The van der Waals surface area contributed by atoms with Gasteiger partial charge in [0.15, 0.2) is 5.65 Å². The molecular formula is C17H21N7O. The summed E-state index contributed by atoms with van der Waals surface area (Å²) in [5.41, 5.74) is 1.88. The summed E-state index contributed by atoms with van der Waals surface area (Å²) in [4.78, 5) is 2.51. The smallest absolute Gasteiger partial charge is 0.200 e. The van der Waals surface area contributed by atoms with Crippen molar-refractivity contribution in [2.24, 2.45) is 0 Å². The van der Waals surface area contributed by atoms with Gasteiger partial charge in [0.1, 0.15) is 11.6 Å². The molecule has 8 heteroatoms. The van der Waals surface area contributed by atoms with Crippen molar-refractivity contribution in [1.82, 2.24) is 30.2 Å². The highest BCUT2D eigenvalue weighted by Gasteiger charge is 2.23. The molecule has 3 heterocycles. The molecule has 0 aliphatic carbocycles. The maximum Gasteiger partial charge on any atom is 0.200 e. The van der Waals surface area contributed by atoms with Crippen molar-refractivity contribution in [3.63, 3.8) is 0 Å². The van der Waals surface area contributed by atoms with Gasteiger partial charge in [0, 0.05) is 6.54 Å². The maximum atomic E-state index is 5.39. The van der Waals surface area contributed by atoms with E-state index in [9.17, 15) is 0 Å². The summed E-state index contributed by atoms with van der Waals surface area (Å²) in [6, 6.07) is 12.3. The van der Waals surface area contributed by atoms with E-state index in [0.717, 1.165) is 31.2 Å². The second-order valence-electron chi connectivity index (χ2n) is 6.16. The van der Waals surface area contributed by atoms with Gasteiger partial charge in [0.25, 0.3) is 0 Å². The molecule has 0 amide bonds. The van der Waals surface area contributed by atoms with Crippen molar-refractivity contribution < 1.29 is 4.74 Å². The molecular weight excluding hydrogens is 318 g/mol. The Bertz CT molecular complexity index is 844. The first-order valence-corrected chi connectivity index (χ1v) is 8.51. The molecule has 130 valence electrons. The van der Waals surface area contributed by atoms with Crippen LogP contribution in [0, 0.1) is 0 Å². The molecule has 1 saturated heterocycles. The molecule has 0 radical (unpaired) electrons. The fourth-order valence-electron chi connectivity index (χ4n) is 3.30. The molecule has 1 aromatic carbocycles. The van der Waals surface area contributed by atoms with Gasteiger partial charge in [-0.1, -0.05) is 12.1 Å². The summed E-state index contributed by atoms with van der Waals surface area (Å²) in [5, 5.41) is 19.2. The van der Waals surface area contributed by atoms with Gasteiger partial charge in [-0.05, 0) is 66.2 Å². The van der Waals surface area contributed by atoms with Crippen LogP contribution in [0.25, 0.3) is 5.65 Å². The quantitative estimate of drug-likeness (QED) is 0.733. The molecule has 0 unspecified atom stereocenters. The van der Waals surface area contributed by atoms with Crippen molar-refractivity contribution in [1.29, 1.82) is 0 Å². The lowest BCUT2D eigenvalue weighted by Gasteiger charge is -2.28. The van der Waals surface area contributed by atoms with Crippen LogP contribution in [0.5, 0.6) is 5.75 Å². The number of ether oxygens (including phenoxy) is 1. The summed E-state index contributed by atoms with van der Waals surface area (Å²) in [6.07, 6.45) is 2.49. The number of likely N-dealkylation sites (tertiary alicyclic amines) is 1. The monoisotopic (exact) mass is 339 g/mol. The molecule has 1 aliphatic heterocycles. The van der Waals surface area contributed by atoms with Crippen LogP contribution >= 0.6 is 0 Å². The third-order valence-corrected chi connectivity index (χ3v) is 4.61. The van der Waals surface area contributed by atoms with E-state index < -0.39 is 0 Å². The van der Waals surface area contributed by atoms with Crippen LogP contribution in [0.1, 0.15) is 24.4 Å². The van der Waals surface area contributed by atoms with Crippen molar-refractivity contribution in [3.8, 4) is 5.75 Å². The van der Waals surface area contributed by atoms with E-state index in [1.807, 2.05) is 24.3 Å². The van der Waals surface area contributed by atoms with E-state index in [1.54, 1.807) is 7.11 Å². The number of aromatic nitrogens is 5. The number of fused-ring (bicyclic) bond motifs is 1. The summed E-state index contributed by atoms with van der Waals surface area (Å²) < 4.78 is 6.82. The third-order valence-electron chi connectivity index (χ3n) is 4.61. The number of nitrogens with one attached hydrogen (secondary N) is 1. The first-order valence-electron chi connectivity index (χ1n) is 8.51. The molecule has 2 aromatic heterocycles. The molecule has 1 aliphatic rings. The Hall–Kier alpha value is -2.74. The first-order chi connectivity index (χ1) is 12.3. The SMILES string of the molecule is COc1cccc([C@H](CNc2ccc3nnnn3n2)N2CCCC2)c1. The van der Waals surface area contributed by atoms with Gasteiger partial charge >= 0.3 is 0 Å². The van der Waals surface area contributed by atoms with E-state index in [4.69, 9.17) is 4.74 Å². The predicted molar refractivity (Wildman–Crippen MR) is 93.6 cm³/mol. The molecule has 1 fully saturated rings. The van der Waals surface area contributed by atoms with Gasteiger partial charge in [-0.15, -0.1) is 14.8 Å². The summed E-state index contributed by atoms with van der Waals surface area (Å²) >= 11 is 0. The van der Waals surface area contributed by atoms with Crippen LogP contribution in [-0.2, 0) is 0 Å². The highest BCUT2D eigenvalue weighted by molar-refractivity contribution is 5.42. The van der Waals surface area contributed by atoms with Crippen molar-refractivity contribution >= 4 is 11.5 Å². The Kier molecular flexibility index (Phi) is 4.43. The van der Waals surface area contributed by atoms with E-state index in [2.05, 4.69) is 43.0 Å². The number of hydrogen-bond acceptors (Lipinski definition) is 7. The highest BCUT2D eigenvalue weighted by Crippen LogP contribution is 2.27. The maximum absolute atomic E-state index is 5.39. The van der Waals surface area contributed by atoms with Crippen LogP contribution < -0.4 is 10.1 Å². The number of rotatable bonds is 6. The number of hydrogen-bond donors (Lipinski definition) is 1. The number of methoxy groups -OCH3 is 1. The van der Waals surface area contributed by atoms with E-state index in [0.29, 0.717) is 5.65 Å². The van der Waals surface area contributed by atoms with Gasteiger partial charge in [0.2, 0.25) is 0 Å². The predicted octanol–water partition coefficient (Wildman–Crippen LogP) is 1.78. The van der Waals surface area contributed by atoms with Crippen molar-refractivity contribution in [2.75, 3.05) is 32.1 Å². The Labute approximate surface area is 145 Å². The lowest BCUT2D eigenvalue weighted by molar-refractivity contribution is 0.255. The third kappa shape index (κ3) is 3.39. The normalized spacial score (nSPS) is 16.2. The molecule has 0 spiro atoms. The van der Waals surface area contributed by atoms with Gasteiger partial charge in [-0.3, -0.25) is 4.90 Å². The summed E-state index contributed by atoms with van der Waals surface area (Å²) in [5.74, 6) is 1.64. The fourth-order valence-corrected chi connectivity index (χ4v) is 3.30. The van der Waals surface area contributed by atoms with Crippen LogP contribution in [0.2, 0.25) is 0 Å². The topological polar surface area (TPSA) is 80.5 Å². The van der Waals surface area contributed by atoms with Gasteiger partial charge in [-0.2, -0.15) is 0 Å². The number of tetrazole rings is 1. The van der Waals surface area contributed by atoms with E-state index in [-0.39, 0.29) is 6.04 Å². The van der Waals surface area contributed by atoms with Gasteiger partial charge < -0.3 is 10.1 Å². The van der Waals surface area contributed by atoms with Crippen molar-refractivity contribution in [2.45, 2.75) is 18.9 Å². The average molecular weight is 339 g/mol. The van der Waals surface area contributed by atoms with E-state index >= 15 is 0 Å². The minimum absolute atomic E-state index is 0.268. The second kappa shape index (κ2) is 7.02. The zero-order valence-corrected chi connectivity index (χ0v) is 14.2. The van der Waals surface area contributed by atoms with Gasteiger partial charge in [0.05, 0.1) is 13.2 Å². The Balaban J connectivity index is 1.55. The zero-order chi connectivity index (χ0) is 17.1. The largest absolute Gasteiger partial charge is 0.497 e. The Morgan fingerprint density at radius 3 is 2.92 bits per heavy atom. The van der Waals surface area contributed by atoms with E-state index in [1.165, 1.54) is 23.0 Å². The molecule has 1 N–H and O–H groups in total.